The molecule has 2 aromatic rings. The van der Waals surface area contributed by atoms with E-state index < -0.39 is 18.6 Å². The Morgan fingerprint density at radius 2 is 1.78 bits per heavy atom. The molecule has 1 saturated heterocycles. The van der Waals surface area contributed by atoms with Crippen LogP contribution in [-0.4, -0.2) is 42.6 Å². The number of likely N-dealkylation sites (tertiary alicyclic amines) is 1. The van der Waals surface area contributed by atoms with Gasteiger partial charge in [0.2, 0.25) is 5.91 Å². The number of rotatable bonds is 5. The fraction of sp³-hybridized carbons (Fsp3) is 0.318. The zero-order chi connectivity index (χ0) is 23.3. The number of piperidine rings is 1. The normalized spacial score (nSPS) is 14.5. The number of carbonyl (C=O) groups excluding carboxylic acids is 2. The van der Waals surface area contributed by atoms with Crippen molar-refractivity contribution in [3.63, 3.8) is 0 Å². The van der Waals surface area contributed by atoms with Gasteiger partial charge in [0.25, 0.3) is 5.91 Å². The molecule has 0 aliphatic carbocycles. The predicted molar refractivity (Wildman–Crippen MR) is 106 cm³/mol. The Morgan fingerprint density at radius 3 is 2.38 bits per heavy atom. The zero-order valence-corrected chi connectivity index (χ0v) is 16.8. The van der Waals surface area contributed by atoms with Crippen LogP contribution in [0.2, 0.25) is 0 Å². The van der Waals surface area contributed by atoms with Gasteiger partial charge in [-0.1, -0.05) is 0 Å². The van der Waals surface area contributed by atoms with Crippen molar-refractivity contribution in [3.8, 4) is 11.8 Å². The number of ether oxygens (including phenoxy) is 1. The highest BCUT2D eigenvalue weighted by Gasteiger charge is 2.30. The number of nitrogens with zero attached hydrogens (tertiary/aromatic N) is 2. The molecule has 32 heavy (non-hydrogen) atoms. The Kier molecular flexibility index (Phi) is 6.98. The monoisotopic (exact) mass is 449 g/mol. The number of hydrogen-bond acceptors (Lipinski definition) is 4. The lowest BCUT2D eigenvalue weighted by atomic mass is 9.95. The van der Waals surface area contributed by atoms with Crippen molar-refractivity contribution in [2.75, 3.05) is 25.0 Å². The lowest BCUT2D eigenvalue weighted by molar-refractivity contribution is -0.153. The number of alkyl halides is 3. The zero-order valence-electron chi connectivity index (χ0n) is 16.8. The topological polar surface area (TPSA) is 82.4 Å². The average Bonchev–Trinajstić information content (AvgIpc) is 2.77. The molecule has 0 unspecified atom stereocenters. The highest BCUT2D eigenvalue weighted by molar-refractivity contribution is 5.95. The highest BCUT2D eigenvalue weighted by Crippen LogP contribution is 2.26. The standard InChI is InChI=1S/C22H19F4N3O3/c23-17-3-1-15(2-4-17)21(31)29-9-7-14(8-10-29)20(30)28-18-5-6-19(16(11-18)12-27)32-13-22(24,25)26/h1-6,11,14H,7-10,13H2,(H,28,30). The molecule has 1 heterocycles. The number of nitriles is 1. The minimum absolute atomic E-state index is 0.133. The maximum absolute atomic E-state index is 13.0. The van der Waals surface area contributed by atoms with Crippen LogP contribution in [0.3, 0.4) is 0 Å². The van der Waals surface area contributed by atoms with E-state index in [0.717, 1.165) is 0 Å². The number of benzene rings is 2. The summed E-state index contributed by atoms with van der Waals surface area (Å²) in [6.45, 7) is -0.827. The molecule has 6 nitrogen and oxygen atoms in total. The van der Waals surface area contributed by atoms with Crippen LogP contribution in [0, 0.1) is 23.1 Å². The summed E-state index contributed by atoms with van der Waals surface area (Å²) in [5, 5.41) is 11.8. The van der Waals surface area contributed by atoms with Gasteiger partial charge in [0.05, 0.1) is 5.56 Å². The molecule has 0 bridgehead atoms. The Hall–Kier alpha value is -3.61. The Balaban J connectivity index is 1.56. The van der Waals surface area contributed by atoms with E-state index in [-0.39, 0.29) is 34.7 Å². The first-order valence-corrected chi connectivity index (χ1v) is 9.75. The van der Waals surface area contributed by atoms with Crippen LogP contribution < -0.4 is 10.1 Å². The van der Waals surface area contributed by atoms with Gasteiger partial charge in [-0.25, -0.2) is 4.39 Å². The summed E-state index contributed by atoms with van der Waals surface area (Å²) in [7, 11) is 0. The molecule has 2 aromatic carbocycles. The minimum Gasteiger partial charge on any atom is -0.483 e. The largest absolute Gasteiger partial charge is 0.483 e. The smallest absolute Gasteiger partial charge is 0.422 e. The summed E-state index contributed by atoms with van der Waals surface area (Å²) >= 11 is 0. The van der Waals surface area contributed by atoms with Crippen LogP contribution in [0.4, 0.5) is 23.2 Å². The molecule has 3 rings (SSSR count). The fourth-order valence-corrected chi connectivity index (χ4v) is 3.34. The van der Waals surface area contributed by atoms with Crippen LogP contribution in [0.1, 0.15) is 28.8 Å². The van der Waals surface area contributed by atoms with Crippen molar-refractivity contribution in [1.82, 2.24) is 4.90 Å². The maximum atomic E-state index is 13.0. The molecule has 1 aliphatic rings. The molecule has 1 aliphatic heterocycles. The van der Waals surface area contributed by atoms with Gasteiger partial charge >= 0.3 is 6.18 Å². The third-order valence-corrected chi connectivity index (χ3v) is 5.00. The molecule has 0 aromatic heterocycles. The van der Waals surface area contributed by atoms with Gasteiger partial charge in [-0.15, -0.1) is 0 Å². The molecule has 1 fully saturated rings. The summed E-state index contributed by atoms with van der Waals surface area (Å²) in [4.78, 5) is 26.7. The molecular weight excluding hydrogens is 430 g/mol. The lowest BCUT2D eigenvalue weighted by Crippen LogP contribution is -2.41. The van der Waals surface area contributed by atoms with Crippen LogP contribution in [0.5, 0.6) is 5.75 Å². The van der Waals surface area contributed by atoms with Gasteiger partial charge in [-0.2, -0.15) is 18.4 Å². The van der Waals surface area contributed by atoms with Gasteiger partial charge in [-0.3, -0.25) is 9.59 Å². The molecule has 0 radical (unpaired) electrons. The quantitative estimate of drug-likeness (QED) is 0.696. The summed E-state index contributed by atoms with van der Waals surface area (Å²) < 4.78 is 54.6. The van der Waals surface area contributed by atoms with Crippen LogP contribution in [0.15, 0.2) is 42.5 Å². The summed E-state index contributed by atoms with van der Waals surface area (Å²) in [6.07, 6.45) is -3.71. The van der Waals surface area contributed by atoms with Gasteiger partial charge in [0.15, 0.2) is 6.61 Å². The first-order valence-electron chi connectivity index (χ1n) is 9.75. The molecule has 168 valence electrons. The molecule has 10 heteroatoms. The molecule has 0 atom stereocenters. The van der Waals surface area contributed by atoms with Crippen molar-refractivity contribution in [2.45, 2.75) is 19.0 Å². The van der Waals surface area contributed by atoms with E-state index in [2.05, 4.69) is 10.1 Å². The third-order valence-electron chi connectivity index (χ3n) is 5.00. The highest BCUT2D eigenvalue weighted by atomic mass is 19.4. The van der Waals surface area contributed by atoms with Crippen molar-refractivity contribution in [3.05, 3.63) is 59.4 Å². The predicted octanol–water partition coefficient (Wildman–Crippen LogP) is 4.13. The Morgan fingerprint density at radius 1 is 1.12 bits per heavy atom. The van der Waals surface area contributed by atoms with E-state index in [1.165, 1.54) is 42.5 Å². The first-order chi connectivity index (χ1) is 15.2. The van der Waals surface area contributed by atoms with Crippen LogP contribution >= 0.6 is 0 Å². The number of hydrogen-bond donors (Lipinski definition) is 1. The molecule has 2 amide bonds. The van der Waals surface area contributed by atoms with Crippen molar-refractivity contribution >= 4 is 17.5 Å². The molecule has 1 N–H and O–H groups in total. The van der Waals surface area contributed by atoms with E-state index in [0.29, 0.717) is 31.5 Å². The van der Waals surface area contributed by atoms with Crippen LogP contribution in [0.25, 0.3) is 0 Å². The van der Waals surface area contributed by atoms with Gasteiger partial charge in [-0.05, 0) is 55.3 Å². The van der Waals surface area contributed by atoms with Gasteiger partial charge in [0, 0.05) is 30.3 Å². The summed E-state index contributed by atoms with van der Waals surface area (Å²) in [6, 6.07) is 10.8. The summed E-state index contributed by atoms with van der Waals surface area (Å²) in [5.41, 5.74) is 0.494. The number of anilines is 1. The van der Waals surface area contributed by atoms with E-state index >= 15 is 0 Å². The second-order valence-corrected chi connectivity index (χ2v) is 7.29. The Bertz CT molecular complexity index is 1020. The van der Waals surface area contributed by atoms with E-state index in [1.807, 2.05) is 0 Å². The van der Waals surface area contributed by atoms with Crippen molar-refractivity contribution in [2.24, 2.45) is 5.92 Å². The average molecular weight is 449 g/mol. The number of carbonyl (C=O) groups is 2. The number of nitrogens with one attached hydrogen (secondary N) is 1. The third kappa shape index (κ3) is 5.97. The fourth-order valence-electron chi connectivity index (χ4n) is 3.34. The van der Waals surface area contributed by atoms with E-state index in [1.54, 1.807) is 11.0 Å². The first kappa shape index (κ1) is 23.1. The lowest BCUT2D eigenvalue weighted by Gasteiger charge is -2.31. The van der Waals surface area contributed by atoms with Gasteiger partial charge in [0.1, 0.15) is 17.6 Å². The maximum Gasteiger partial charge on any atom is 0.422 e. The van der Waals surface area contributed by atoms with E-state index in [9.17, 15) is 27.2 Å². The minimum atomic E-state index is -4.54. The molecular formula is C22H19F4N3O3. The number of amides is 2. The second kappa shape index (κ2) is 9.68. The Labute approximate surface area is 181 Å². The number of halogens is 4. The van der Waals surface area contributed by atoms with E-state index in [4.69, 9.17) is 5.26 Å². The van der Waals surface area contributed by atoms with Gasteiger partial charge < -0.3 is 15.0 Å². The second-order valence-electron chi connectivity index (χ2n) is 7.29. The molecule has 0 spiro atoms. The van der Waals surface area contributed by atoms with Crippen molar-refractivity contribution < 1.29 is 31.9 Å². The SMILES string of the molecule is N#Cc1cc(NC(=O)C2CCN(C(=O)c3ccc(F)cc3)CC2)ccc1OCC(F)(F)F. The molecule has 0 saturated carbocycles. The van der Waals surface area contributed by atoms with Crippen LogP contribution in [-0.2, 0) is 4.79 Å². The van der Waals surface area contributed by atoms with Crippen molar-refractivity contribution in [1.29, 1.82) is 5.26 Å². The summed E-state index contributed by atoms with van der Waals surface area (Å²) in [5.74, 6) is -1.59.